The number of ether oxygens (including phenoxy) is 2. The molecule has 0 N–H and O–H groups in total. The van der Waals surface area contributed by atoms with Crippen molar-refractivity contribution in [1.82, 2.24) is 0 Å². The summed E-state index contributed by atoms with van der Waals surface area (Å²) in [4.78, 5) is 0. The Morgan fingerprint density at radius 1 is 0.382 bits per heavy atom. The van der Waals surface area contributed by atoms with Gasteiger partial charge in [0.2, 0.25) is 0 Å². The second kappa shape index (κ2) is 14.3. The molecule has 0 radical (unpaired) electrons. The highest BCUT2D eigenvalue weighted by molar-refractivity contribution is 6.02. The van der Waals surface area contributed by atoms with Gasteiger partial charge >= 0.3 is 0 Å². The van der Waals surface area contributed by atoms with Crippen molar-refractivity contribution in [3.8, 4) is 67.1 Å². The van der Waals surface area contributed by atoms with Crippen LogP contribution in [0.4, 0.5) is 0 Å². The van der Waals surface area contributed by atoms with Crippen LogP contribution in [0.2, 0.25) is 0 Å². The predicted molar refractivity (Wildman–Crippen MR) is 228 cm³/mol. The number of hydrogen-bond acceptors (Lipinski definition) is 2. The molecule has 0 fully saturated rings. The molecule has 0 amide bonds. The van der Waals surface area contributed by atoms with Gasteiger partial charge in [0.05, 0.1) is 19.6 Å². The van der Waals surface area contributed by atoms with Crippen molar-refractivity contribution in [2.75, 3.05) is 14.2 Å². The van der Waals surface area contributed by atoms with Gasteiger partial charge in [-0.2, -0.15) is 0 Å². The lowest BCUT2D eigenvalue weighted by molar-refractivity contribution is 0.414. The molecule has 0 heterocycles. The van der Waals surface area contributed by atoms with Gasteiger partial charge in [0.1, 0.15) is 11.5 Å². The molecular weight excluding hydrogens is 669 g/mol. The largest absolute Gasteiger partial charge is 0.497 e. The first-order valence-electron chi connectivity index (χ1n) is 19.0. The van der Waals surface area contributed by atoms with Gasteiger partial charge < -0.3 is 9.47 Å². The summed E-state index contributed by atoms with van der Waals surface area (Å²) in [6.45, 7) is 2.24. The maximum Gasteiger partial charge on any atom is 0.118 e. The van der Waals surface area contributed by atoms with Gasteiger partial charge in [0.25, 0.3) is 0 Å². The second-order valence-corrected chi connectivity index (χ2v) is 14.2. The summed E-state index contributed by atoms with van der Waals surface area (Å²) in [5, 5.41) is 0. The molecule has 8 aromatic carbocycles. The van der Waals surface area contributed by atoms with Gasteiger partial charge in [-0.15, -0.1) is 0 Å². The molecule has 266 valence electrons. The highest BCUT2D eigenvalue weighted by atomic mass is 16.5. The van der Waals surface area contributed by atoms with Crippen LogP contribution in [0, 0.1) is 0 Å². The van der Waals surface area contributed by atoms with Gasteiger partial charge in [0.15, 0.2) is 0 Å². The average Bonchev–Trinajstić information content (AvgIpc) is 3.56. The zero-order valence-electron chi connectivity index (χ0n) is 31.4. The lowest BCUT2D eigenvalue weighted by Gasteiger charge is -2.34. The van der Waals surface area contributed by atoms with Crippen LogP contribution in [-0.4, -0.2) is 14.2 Å². The van der Waals surface area contributed by atoms with E-state index in [9.17, 15) is 0 Å². The van der Waals surface area contributed by atoms with E-state index >= 15 is 0 Å². The zero-order chi connectivity index (χ0) is 37.4. The molecular formula is C53H42O2. The third kappa shape index (κ3) is 5.73. The summed E-state index contributed by atoms with van der Waals surface area (Å²) < 4.78 is 11.4. The van der Waals surface area contributed by atoms with Crippen LogP contribution in [0.25, 0.3) is 55.6 Å². The molecule has 1 aliphatic carbocycles. The molecule has 9 rings (SSSR count). The Morgan fingerprint density at radius 3 is 1.27 bits per heavy atom. The first kappa shape index (κ1) is 34.1. The van der Waals surface area contributed by atoms with Crippen molar-refractivity contribution < 1.29 is 9.47 Å². The fourth-order valence-electron chi connectivity index (χ4n) is 8.74. The van der Waals surface area contributed by atoms with Crippen molar-refractivity contribution in [2.45, 2.75) is 18.8 Å². The van der Waals surface area contributed by atoms with Crippen molar-refractivity contribution in [1.29, 1.82) is 0 Å². The summed E-state index contributed by atoms with van der Waals surface area (Å²) in [6, 6.07) is 68.7. The smallest absolute Gasteiger partial charge is 0.118 e. The van der Waals surface area contributed by atoms with Crippen LogP contribution < -0.4 is 9.47 Å². The molecule has 1 aliphatic rings. The highest BCUT2D eigenvalue weighted by Gasteiger charge is 2.46. The number of methoxy groups -OCH3 is 2. The topological polar surface area (TPSA) is 18.5 Å². The average molecular weight is 711 g/mol. The van der Waals surface area contributed by atoms with Crippen LogP contribution in [-0.2, 0) is 11.8 Å². The maximum atomic E-state index is 5.69. The molecule has 0 saturated carbocycles. The summed E-state index contributed by atoms with van der Waals surface area (Å²) in [6.07, 6.45) is 0.948. The third-order valence-corrected chi connectivity index (χ3v) is 11.4. The number of hydrogen-bond donors (Lipinski definition) is 0. The molecule has 8 aromatic rings. The Morgan fingerprint density at radius 2 is 0.800 bits per heavy atom. The van der Waals surface area contributed by atoms with Crippen molar-refractivity contribution in [3.63, 3.8) is 0 Å². The van der Waals surface area contributed by atoms with Gasteiger partial charge in [-0.1, -0.05) is 165 Å². The molecule has 0 aromatic heterocycles. The zero-order valence-corrected chi connectivity index (χ0v) is 31.4. The van der Waals surface area contributed by atoms with Gasteiger partial charge in [-0.3, -0.25) is 0 Å². The minimum Gasteiger partial charge on any atom is -0.497 e. The molecule has 2 heteroatoms. The van der Waals surface area contributed by atoms with E-state index in [-0.39, 0.29) is 0 Å². The summed E-state index contributed by atoms with van der Waals surface area (Å²) in [5.74, 6) is 1.67. The van der Waals surface area contributed by atoms with E-state index in [1.54, 1.807) is 14.2 Å². The van der Waals surface area contributed by atoms with E-state index in [2.05, 4.69) is 195 Å². The van der Waals surface area contributed by atoms with Crippen LogP contribution >= 0.6 is 0 Å². The normalized spacial score (nSPS) is 12.5. The Labute approximate surface area is 324 Å². The first-order valence-corrected chi connectivity index (χ1v) is 19.0. The predicted octanol–water partition coefficient (Wildman–Crippen LogP) is 13.3. The Balaban J connectivity index is 1.41. The van der Waals surface area contributed by atoms with E-state index in [4.69, 9.17) is 9.47 Å². The molecule has 2 nitrogen and oxygen atoms in total. The number of fused-ring (bicyclic) bond motifs is 3. The molecule has 0 aliphatic heterocycles. The van der Waals surface area contributed by atoms with Gasteiger partial charge in [-0.25, -0.2) is 0 Å². The molecule has 0 spiro atoms. The van der Waals surface area contributed by atoms with Gasteiger partial charge in [0, 0.05) is 0 Å². The van der Waals surface area contributed by atoms with Crippen molar-refractivity contribution in [2.24, 2.45) is 0 Å². The number of benzene rings is 8. The van der Waals surface area contributed by atoms with E-state index in [0.29, 0.717) is 0 Å². The highest BCUT2D eigenvalue weighted by Crippen LogP contribution is 2.58. The van der Waals surface area contributed by atoms with Crippen LogP contribution in [0.1, 0.15) is 34.7 Å². The standard InChI is InChI=1S/C53H42O2/c1-4-36-20-30-47-48-31-21-40(35-50(48)53(49(47)34-36,41-22-26-43(54-2)27-23-41)42-24-28-44(55-3)29-25-42)52-46(38-16-10-6-11-17-38)33-32-45(37-14-8-5-9-15-37)51(52)39-18-12-7-13-19-39/h5-35H,4H2,1-3H3. The van der Waals surface area contributed by atoms with Gasteiger partial charge in [-0.05, 0) is 120 Å². The molecule has 0 unspecified atom stereocenters. The van der Waals surface area contributed by atoms with Crippen LogP contribution in [0.3, 0.4) is 0 Å². The summed E-state index contributed by atoms with van der Waals surface area (Å²) >= 11 is 0. The van der Waals surface area contributed by atoms with E-state index in [1.165, 1.54) is 83.5 Å². The fourth-order valence-corrected chi connectivity index (χ4v) is 8.74. The Kier molecular flexibility index (Phi) is 8.88. The van der Waals surface area contributed by atoms with Crippen LogP contribution in [0.15, 0.2) is 188 Å². The molecule has 0 saturated heterocycles. The quantitative estimate of drug-likeness (QED) is 0.148. The second-order valence-electron chi connectivity index (χ2n) is 14.2. The minimum atomic E-state index is -0.610. The van der Waals surface area contributed by atoms with Crippen LogP contribution in [0.5, 0.6) is 11.5 Å². The lowest BCUT2D eigenvalue weighted by Crippen LogP contribution is -2.28. The van der Waals surface area contributed by atoms with Crippen molar-refractivity contribution >= 4 is 0 Å². The maximum absolute atomic E-state index is 5.69. The lowest BCUT2D eigenvalue weighted by atomic mass is 9.67. The fraction of sp³-hybridized carbons (Fsp3) is 0.0943. The molecule has 55 heavy (non-hydrogen) atoms. The molecule has 0 bridgehead atoms. The Hall–Kier alpha value is -6.64. The monoisotopic (exact) mass is 710 g/mol. The third-order valence-electron chi connectivity index (χ3n) is 11.4. The summed E-state index contributed by atoms with van der Waals surface area (Å²) in [7, 11) is 3.46. The van der Waals surface area contributed by atoms with Crippen molar-refractivity contribution in [3.05, 3.63) is 216 Å². The summed E-state index contributed by atoms with van der Waals surface area (Å²) in [5.41, 5.74) is 17.7. The SMILES string of the molecule is CCc1ccc2c(c1)C(c1ccc(OC)cc1)(c1ccc(OC)cc1)c1cc(-c3c(-c4ccccc4)ccc(-c4ccccc4)c3-c3ccccc3)ccc1-2. The molecule has 0 atom stereocenters. The van der Waals surface area contributed by atoms with E-state index in [0.717, 1.165) is 17.9 Å². The Bertz CT molecular complexity index is 2560. The minimum absolute atomic E-state index is 0.610. The van der Waals surface area contributed by atoms with E-state index < -0.39 is 5.41 Å². The first-order chi connectivity index (χ1) is 27.1. The number of aryl methyl sites for hydroxylation is 1. The van der Waals surface area contributed by atoms with E-state index in [1.807, 2.05) is 0 Å². The number of rotatable bonds is 9.